The highest BCUT2D eigenvalue weighted by Crippen LogP contribution is 2.44. The molecule has 1 fully saturated rings. The van der Waals surface area contributed by atoms with Crippen molar-refractivity contribution >= 4 is 11.9 Å². The molecule has 2 N–H and O–H groups in total. The Hall–Kier alpha value is -2.37. The van der Waals surface area contributed by atoms with Crippen LogP contribution >= 0.6 is 0 Å². The van der Waals surface area contributed by atoms with Gasteiger partial charge in [0.25, 0.3) is 0 Å². The minimum Gasteiger partial charge on any atom is -0.497 e. The highest BCUT2D eigenvalue weighted by molar-refractivity contribution is 5.98. The Bertz CT molecular complexity index is 588. The number of ether oxygens (including phenoxy) is 1. The van der Waals surface area contributed by atoms with E-state index in [1.807, 2.05) is 24.3 Å². The number of amides is 1. The highest BCUT2D eigenvalue weighted by atomic mass is 16.5. The molecule has 0 radical (unpaired) electrons. The number of hydrogen-bond acceptors (Lipinski definition) is 4. The minimum absolute atomic E-state index is 0.0364. The summed E-state index contributed by atoms with van der Waals surface area (Å²) in [5, 5.41) is 9.17. The molecule has 0 spiro atoms. The first-order valence-corrected chi connectivity index (χ1v) is 6.56. The molecule has 1 aliphatic rings. The maximum Gasteiger partial charge on any atom is 0.237 e. The maximum absolute atomic E-state index is 12.5. The molecule has 3 rings (SSSR count). The minimum atomic E-state index is -0.459. The molecular formula is C14H16N4O2. The fraction of sp³-hybridized carbons (Fsp3) is 0.357. The molecule has 104 valence electrons. The van der Waals surface area contributed by atoms with Gasteiger partial charge in [-0.25, -0.2) is 5.10 Å². The Morgan fingerprint density at radius 3 is 2.60 bits per heavy atom. The first-order valence-electron chi connectivity index (χ1n) is 6.56. The molecule has 1 heterocycles. The van der Waals surface area contributed by atoms with Crippen molar-refractivity contribution in [1.82, 2.24) is 15.2 Å². The number of carbonyl (C=O) groups excluding carboxylic acids is 1. The Labute approximate surface area is 116 Å². The molecule has 0 saturated heterocycles. The van der Waals surface area contributed by atoms with E-state index >= 15 is 0 Å². The summed E-state index contributed by atoms with van der Waals surface area (Å²) in [5.41, 5.74) is 0.556. The Morgan fingerprint density at radius 2 is 2.10 bits per heavy atom. The zero-order chi connectivity index (χ0) is 14.0. The number of benzene rings is 1. The van der Waals surface area contributed by atoms with E-state index in [2.05, 4.69) is 20.5 Å². The van der Waals surface area contributed by atoms with Crippen molar-refractivity contribution in [3.05, 3.63) is 36.2 Å². The lowest BCUT2D eigenvalue weighted by Gasteiger charge is -2.40. The molecule has 1 saturated carbocycles. The zero-order valence-corrected chi connectivity index (χ0v) is 11.2. The van der Waals surface area contributed by atoms with Crippen molar-refractivity contribution in [2.75, 3.05) is 12.4 Å². The van der Waals surface area contributed by atoms with E-state index in [0.717, 1.165) is 30.6 Å². The normalized spacial score (nSPS) is 16.2. The summed E-state index contributed by atoms with van der Waals surface area (Å²) in [7, 11) is 1.63. The lowest BCUT2D eigenvalue weighted by atomic mass is 9.64. The largest absolute Gasteiger partial charge is 0.497 e. The van der Waals surface area contributed by atoms with Crippen molar-refractivity contribution in [3.63, 3.8) is 0 Å². The summed E-state index contributed by atoms with van der Waals surface area (Å²) >= 11 is 0. The van der Waals surface area contributed by atoms with Gasteiger partial charge in [-0.1, -0.05) is 18.6 Å². The van der Waals surface area contributed by atoms with Crippen LogP contribution in [0.2, 0.25) is 0 Å². The topological polar surface area (TPSA) is 79.9 Å². The summed E-state index contributed by atoms with van der Waals surface area (Å²) in [6, 6.07) is 7.68. The molecule has 0 bridgehead atoms. The number of aromatic amines is 1. The molecule has 1 amide bonds. The van der Waals surface area contributed by atoms with Gasteiger partial charge in [-0.05, 0) is 30.5 Å². The molecule has 2 aromatic rings. The second kappa shape index (κ2) is 4.96. The first kappa shape index (κ1) is 12.7. The number of carbonyl (C=O) groups is 1. The first-order chi connectivity index (χ1) is 9.74. The predicted molar refractivity (Wildman–Crippen MR) is 73.5 cm³/mol. The molecule has 6 heteroatoms. The zero-order valence-electron chi connectivity index (χ0n) is 11.2. The number of nitrogens with one attached hydrogen (secondary N) is 2. The highest BCUT2D eigenvalue weighted by Gasteiger charge is 2.45. The van der Waals surface area contributed by atoms with Crippen molar-refractivity contribution in [2.45, 2.75) is 24.7 Å². The van der Waals surface area contributed by atoms with Crippen LogP contribution in [0.25, 0.3) is 0 Å². The van der Waals surface area contributed by atoms with Gasteiger partial charge in [-0.3, -0.25) is 10.1 Å². The van der Waals surface area contributed by atoms with Crippen LogP contribution in [0.5, 0.6) is 5.75 Å². The maximum atomic E-state index is 12.5. The van der Waals surface area contributed by atoms with E-state index in [1.54, 1.807) is 7.11 Å². The lowest BCUT2D eigenvalue weighted by molar-refractivity contribution is -0.124. The van der Waals surface area contributed by atoms with Crippen LogP contribution in [0, 0.1) is 0 Å². The van der Waals surface area contributed by atoms with E-state index in [0.29, 0.717) is 5.95 Å². The lowest BCUT2D eigenvalue weighted by Crippen LogP contribution is -2.46. The van der Waals surface area contributed by atoms with E-state index in [1.165, 1.54) is 6.33 Å². The fourth-order valence-corrected chi connectivity index (χ4v) is 2.58. The van der Waals surface area contributed by atoms with Gasteiger partial charge in [-0.2, -0.15) is 10.1 Å². The van der Waals surface area contributed by atoms with Gasteiger partial charge >= 0.3 is 0 Å². The van der Waals surface area contributed by atoms with Gasteiger partial charge in [0.1, 0.15) is 12.1 Å². The Balaban J connectivity index is 1.84. The van der Waals surface area contributed by atoms with Gasteiger partial charge in [-0.15, -0.1) is 0 Å². The average Bonchev–Trinajstić information content (AvgIpc) is 2.91. The molecule has 0 aliphatic heterocycles. The summed E-state index contributed by atoms with van der Waals surface area (Å²) < 4.78 is 5.16. The molecule has 0 atom stereocenters. The van der Waals surface area contributed by atoms with Gasteiger partial charge in [0.15, 0.2) is 0 Å². The monoisotopic (exact) mass is 272 g/mol. The standard InChI is InChI=1S/C14H16N4O2/c1-20-11-5-3-10(4-6-11)14(7-2-8-14)12(19)17-13-15-9-16-18-13/h3-6,9H,2,7-8H2,1H3,(H2,15,16,17,18,19). The van der Waals surface area contributed by atoms with Crippen molar-refractivity contribution in [1.29, 1.82) is 0 Å². The third kappa shape index (κ3) is 2.03. The van der Waals surface area contributed by atoms with Crippen molar-refractivity contribution < 1.29 is 9.53 Å². The second-order valence-electron chi connectivity index (χ2n) is 4.95. The summed E-state index contributed by atoms with van der Waals surface area (Å²) in [6.45, 7) is 0. The van der Waals surface area contributed by atoms with Gasteiger partial charge in [0.05, 0.1) is 12.5 Å². The predicted octanol–water partition coefficient (Wildman–Crippen LogP) is 1.87. The Kier molecular flexibility index (Phi) is 3.14. The van der Waals surface area contributed by atoms with Crippen molar-refractivity contribution in [3.8, 4) is 5.75 Å². The average molecular weight is 272 g/mol. The smallest absolute Gasteiger partial charge is 0.237 e. The van der Waals surface area contributed by atoms with Crippen LogP contribution in [-0.4, -0.2) is 28.2 Å². The molecule has 1 aliphatic carbocycles. The van der Waals surface area contributed by atoms with Gasteiger partial charge in [0, 0.05) is 0 Å². The third-order valence-corrected chi connectivity index (χ3v) is 3.93. The van der Waals surface area contributed by atoms with Gasteiger partial charge < -0.3 is 4.74 Å². The van der Waals surface area contributed by atoms with E-state index in [-0.39, 0.29) is 5.91 Å². The molecule has 6 nitrogen and oxygen atoms in total. The number of hydrogen-bond donors (Lipinski definition) is 2. The number of H-pyrrole nitrogens is 1. The summed E-state index contributed by atoms with van der Waals surface area (Å²) in [4.78, 5) is 16.5. The van der Waals surface area contributed by atoms with Crippen LogP contribution in [0.3, 0.4) is 0 Å². The van der Waals surface area contributed by atoms with Crippen molar-refractivity contribution in [2.24, 2.45) is 0 Å². The fourth-order valence-electron chi connectivity index (χ4n) is 2.58. The van der Waals surface area contributed by atoms with E-state index in [4.69, 9.17) is 4.74 Å². The second-order valence-corrected chi connectivity index (χ2v) is 4.95. The molecule has 20 heavy (non-hydrogen) atoms. The molecular weight excluding hydrogens is 256 g/mol. The molecule has 1 aromatic heterocycles. The molecule has 0 unspecified atom stereocenters. The number of methoxy groups -OCH3 is 1. The van der Waals surface area contributed by atoms with E-state index in [9.17, 15) is 4.79 Å². The van der Waals surface area contributed by atoms with Crippen LogP contribution in [-0.2, 0) is 10.2 Å². The Morgan fingerprint density at radius 1 is 1.35 bits per heavy atom. The van der Waals surface area contributed by atoms with Crippen LogP contribution in [0.4, 0.5) is 5.95 Å². The van der Waals surface area contributed by atoms with Crippen LogP contribution in [0.15, 0.2) is 30.6 Å². The number of nitrogens with zero attached hydrogens (tertiary/aromatic N) is 2. The SMILES string of the molecule is COc1ccc(C2(C(=O)Nc3ncn[nH]3)CCC2)cc1. The number of aromatic nitrogens is 3. The van der Waals surface area contributed by atoms with Gasteiger partial charge in [0.2, 0.25) is 11.9 Å². The van der Waals surface area contributed by atoms with Crippen LogP contribution in [0.1, 0.15) is 24.8 Å². The summed E-state index contributed by atoms with van der Waals surface area (Å²) in [6.07, 6.45) is 4.12. The number of rotatable bonds is 4. The summed E-state index contributed by atoms with van der Waals surface area (Å²) in [5.74, 6) is 1.14. The van der Waals surface area contributed by atoms with Crippen LogP contribution < -0.4 is 10.1 Å². The number of anilines is 1. The molecule has 1 aromatic carbocycles. The quantitative estimate of drug-likeness (QED) is 0.890. The third-order valence-electron chi connectivity index (χ3n) is 3.93. The van der Waals surface area contributed by atoms with E-state index < -0.39 is 5.41 Å².